The minimum absolute atomic E-state index is 0.0297. The van der Waals surface area contributed by atoms with Gasteiger partial charge in [0, 0.05) is 18.4 Å². The second-order valence-electron chi connectivity index (χ2n) is 3.62. The molecule has 84 valence electrons. The number of hydrogen-bond acceptors (Lipinski definition) is 2. The SMILES string of the molecule is CC(C)c1cc(C(F)(F)F)c(CN)cn1. The zero-order chi connectivity index (χ0) is 11.6. The van der Waals surface area contributed by atoms with Crippen molar-refractivity contribution in [2.45, 2.75) is 32.5 Å². The monoisotopic (exact) mass is 218 g/mol. The van der Waals surface area contributed by atoms with Gasteiger partial charge in [0.2, 0.25) is 0 Å². The Morgan fingerprint density at radius 3 is 2.40 bits per heavy atom. The van der Waals surface area contributed by atoms with Crippen LogP contribution in [0.3, 0.4) is 0 Å². The predicted octanol–water partition coefficient (Wildman–Crippen LogP) is 2.68. The van der Waals surface area contributed by atoms with Gasteiger partial charge in [0.1, 0.15) is 0 Å². The molecule has 0 saturated heterocycles. The maximum absolute atomic E-state index is 12.6. The van der Waals surface area contributed by atoms with Crippen molar-refractivity contribution in [3.63, 3.8) is 0 Å². The third-order valence-electron chi connectivity index (χ3n) is 2.12. The van der Waals surface area contributed by atoms with E-state index in [0.29, 0.717) is 5.69 Å². The molecule has 1 rings (SSSR count). The Bertz CT molecular complexity index is 345. The van der Waals surface area contributed by atoms with Crippen molar-refractivity contribution in [3.05, 3.63) is 29.1 Å². The van der Waals surface area contributed by atoms with Gasteiger partial charge in [-0.25, -0.2) is 0 Å². The first-order valence-corrected chi connectivity index (χ1v) is 4.62. The number of aromatic nitrogens is 1. The van der Waals surface area contributed by atoms with Gasteiger partial charge >= 0.3 is 6.18 Å². The molecule has 0 aromatic carbocycles. The topological polar surface area (TPSA) is 38.9 Å². The van der Waals surface area contributed by atoms with E-state index >= 15 is 0 Å². The number of rotatable bonds is 2. The van der Waals surface area contributed by atoms with Crippen LogP contribution >= 0.6 is 0 Å². The Balaban J connectivity index is 3.26. The van der Waals surface area contributed by atoms with Crippen LogP contribution in [0.5, 0.6) is 0 Å². The van der Waals surface area contributed by atoms with Crippen LogP contribution < -0.4 is 5.73 Å². The summed E-state index contributed by atoms with van der Waals surface area (Å²) in [6.07, 6.45) is -3.15. The first kappa shape index (κ1) is 12.0. The third kappa shape index (κ3) is 2.68. The third-order valence-corrected chi connectivity index (χ3v) is 2.12. The molecule has 0 fully saturated rings. The minimum atomic E-state index is -4.36. The van der Waals surface area contributed by atoms with Gasteiger partial charge in [0.15, 0.2) is 0 Å². The molecule has 0 aliphatic heterocycles. The van der Waals surface area contributed by atoms with E-state index in [9.17, 15) is 13.2 Å². The molecule has 1 heterocycles. The van der Waals surface area contributed by atoms with Crippen LogP contribution in [-0.2, 0) is 12.7 Å². The van der Waals surface area contributed by atoms with Gasteiger partial charge in [-0.05, 0) is 17.5 Å². The molecule has 0 bridgehead atoms. The van der Waals surface area contributed by atoms with Crippen LogP contribution in [0.25, 0.3) is 0 Å². The molecule has 0 atom stereocenters. The average Bonchev–Trinajstić information content (AvgIpc) is 2.15. The summed E-state index contributed by atoms with van der Waals surface area (Å²) in [4.78, 5) is 3.94. The second-order valence-corrected chi connectivity index (χ2v) is 3.62. The number of pyridine rings is 1. The van der Waals surface area contributed by atoms with E-state index < -0.39 is 11.7 Å². The number of hydrogen-bond donors (Lipinski definition) is 1. The molecule has 0 saturated carbocycles. The van der Waals surface area contributed by atoms with E-state index in [-0.39, 0.29) is 18.0 Å². The number of alkyl halides is 3. The molecular formula is C10H13F3N2. The standard InChI is InChI=1S/C10H13F3N2/c1-6(2)9-3-8(10(11,12)13)7(4-14)5-15-9/h3,5-6H,4,14H2,1-2H3. The first-order chi connectivity index (χ1) is 6.86. The summed E-state index contributed by atoms with van der Waals surface area (Å²) >= 11 is 0. The van der Waals surface area contributed by atoms with Crippen LogP contribution in [0.1, 0.15) is 36.6 Å². The lowest BCUT2D eigenvalue weighted by atomic mass is 10.0. The first-order valence-electron chi connectivity index (χ1n) is 4.62. The molecule has 0 radical (unpaired) electrons. The van der Waals surface area contributed by atoms with Crippen molar-refractivity contribution in [1.29, 1.82) is 0 Å². The molecule has 0 aliphatic carbocycles. The highest BCUT2D eigenvalue weighted by molar-refractivity contribution is 5.30. The fourth-order valence-corrected chi connectivity index (χ4v) is 1.24. The van der Waals surface area contributed by atoms with E-state index in [4.69, 9.17) is 5.73 Å². The highest BCUT2D eigenvalue weighted by Gasteiger charge is 2.33. The van der Waals surface area contributed by atoms with Gasteiger partial charge < -0.3 is 5.73 Å². The van der Waals surface area contributed by atoms with Crippen LogP contribution in [0.15, 0.2) is 12.3 Å². The van der Waals surface area contributed by atoms with Crippen molar-refractivity contribution >= 4 is 0 Å². The van der Waals surface area contributed by atoms with E-state index in [0.717, 1.165) is 6.07 Å². The molecule has 0 spiro atoms. The lowest BCUT2D eigenvalue weighted by Gasteiger charge is -2.14. The van der Waals surface area contributed by atoms with Crippen molar-refractivity contribution in [2.75, 3.05) is 0 Å². The van der Waals surface area contributed by atoms with E-state index in [1.807, 2.05) is 0 Å². The lowest BCUT2D eigenvalue weighted by molar-refractivity contribution is -0.138. The van der Waals surface area contributed by atoms with E-state index in [1.54, 1.807) is 13.8 Å². The van der Waals surface area contributed by atoms with Crippen LogP contribution in [0, 0.1) is 0 Å². The predicted molar refractivity (Wildman–Crippen MR) is 51.2 cm³/mol. The van der Waals surface area contributed by atoms with Gasteiger partial charge in [0.05, 0.1) is 5.56 Å². The van der Waals surface area contributed by atoms with Gasteiger partial charge in [-0.15, -0.1) is 0 Å². The van der Waals surface area contributed by atoms with Crippen LogP contribution in [0.4, 0.5) is 13.2 Å². The van der Waals surface area contributed by atoms with Crippen LogP contribution in [0.2, 0.25) is 0 Å². The molecule has 1 aromatic rings. The van der Waals surface area contributed by atoms with E-state index in [2.05, 4.69) is 4.98 Å². The number of halogens is 3. The molecule has 2 N–H and O–H groups in total. The van der Waals surface area contributed by atoms with Gasteiger partial charge in [-0.2, -0.15) is 13.2 Å². The Hall–Kier alpha value is -1.10. The zero-order valence-corrected chi connectivity index (χ0v) is 8.60. The summed E-state index contributed by atoms with van der Waals surface area (Å²) < 4.78 is 37.8. The molecule has 0 aliphatic rings. The molecule has 0 amide bonds. The van der Waals surface area contributed by atoms with Crippen molar-refractivity contribution in [3.8, 4) is 0 Å². The average molecular weight is 218 g/mol. The number of nitrogens with zero attached hydrogens (tertiary/aromatic N) is 1. The summed E-state index contributed by atoms with van der Waals surface area (Å²) in [5, 5.41) is 0. The molecule has 5 heteroatoms. The molecule has 15 heavy (non-hydrogen) atoms. The van der Waals surface area contributed by atoms with Gasteiger partial charge in [-0.1, -0.05) is 13.8 Å². The quantitative estimate of drug-likeness (QED) is 0.828. The van der Waals surface area contributed by atoms with Crippen LogP contribution in [-0.4, -0.2) is 4.98 Å². The Labute approximate surface area is 86.3 Å². The van der Waals surface area contributed by atoms with Crippen molar-refractivity contribution in [1.82, 2.24) is 4.98 Å². The molecule has 0 unspecified atom stereocenters. The Morgan fingerprint density at radius 1 is 1.40 bits per heavy atom. The fraction of sp³-hybridized carbons (Fsp3) is 0.500. The zero-order valence-electron chi connectivity index (χ0n) is 8.60. The maximum Gasteiger partial charge on any atom is 0.416 e. The highest BCUT2D eigenvalue weighted by atomic mass is 19.4. The largest absolute Gasteiger partial charge is 0.416 e. The second kappa shape index (κ2) is 4.18. The smallest absolute Gasteiger partial charge is 0.326 e. The van der Waals surface area contributed by atoms with Crippen molar-refractivity contribution in [2.24, 2.45) is 5.73 Å². The lowest BCUT2D eigenvalue weighted by Crippen LogP contribution is -2.13. The highest BCUT2D eigenvalue weighted by Crippen LogP contribution is 2.32. The van der Waals surface area contributed by atoms with E-state index in [1.165, 1.54) is 6.20 Å². The molecule has 2 nitrogen and oxygen atoms in total. The molecular weight excluding hydrogens is 205 g/mol. The Kier molecular flexibility index (Phi) is 3.34. The summed E-state index contributed by atoms with van der Waals surface area (Å²) in [5.41, 5.74) is 5.02. The maximum atomic E-state index is 12.6. The Morgan fingerprint density at radius 2 is 2.00 bits per heavy atom. The summed E-state index contributed by atoms with van der Waals surface area (Å²) in [6.45, 7) is 3.44. The minimum Gasteiger partial charge on any atom is -0.326 e. The van der Waals surface area contributed by atoms with Gasteiger partial charge in [0.25, 0.3) is 0 Å². The normalized spacial score (nSPS) is 12.2. The molecule has 1 aromatic heterocycles. The summed E-state index contributed by atoms with van der Waals surface area (Å²) in [6, 6.07) is 1.08. The summed E-state index contributed by atoms with van der Waals surface area (Å²) in [7, 11) is 0. The van der Waals surface area contributed by atoms with Gasteiger partial charge in [-0.3, -0.25) is 4.98 Å². The van der Waals surface area contributed by atoms with Crippen molar-refractivity contribution < 1.29 is 13.2 Å². The number of nitrogens with two attached hydrogens (primary N) is 1. The fourth-order valence-electron chi connectivity index (χ4n) is 1.24. The summed E-state index contributed by atoms with van der Waals surface area (Å²) in [5.74, 6) is -0.0297.